The summed E-state index contributed by atoms with van der Waals surface area (Å²) in [5, 5.41) is 8.21. The molecule has 1 atom stereocenters. The highest BCUT2D eigenvalue weighted by Gasteiger charge is 2.36. The van der Waals surface area contributed by atoms with Gasteiger partial charge in [-0.1, -0.05) is 30.3 Å². The molecule has 0 fully saturated rings. The number of rotatable bonds is 3. The van der Waals surface area contributed by atoms with Crippen molar-refractivity contribution in [3.63, 3.8) is 0 Å². The van der Waals surface area contributed by atoms with Gasteiger partial charge < -0.3 is 10.2 Å². The maximum Gasteiger partial charge on any atom is 0.226 e. The van der Waals surface area contributed by atoms with Crippen LogP contribution in [0, 0.1) is 0 Å². The largest absolute Gasteiger partial charge is 0.378 e. The van der Waals surface area contributed by atoms with Crippen LogP contribution in [0.15, 0.2) is 65.9 Å². The molecule has 0 saturated carbocycles. The van der Waals surface area contributed by atoms with Crippen molar-refractivity contribution in [3.05, 3.63) is 71.4 Å². The first-order valence-corrected chi connectivity index (χ1v) is 9.94. The third-order valence-electron chi connectivity index (χ3n) is 5.63. The molecule has 1 N–H and O–H groups in total. The monoisotopic (exact) mass is 385 g/mol. The van der Waals surface area contributed by atoms with Gasteiger partial charge in [0.2, 0.25) is 5.95 Å². The molecule has 0 spiro atoms. The molecule has 2 heterocycles. The average Bonchev–Trinajstić information content (AvgIpc) is 3.17. The zero-order valence-corrected chi connectivity index (χ0v) is 16.6. The predicted molar refractivity (Wildman–Crippen MR) is 114 cm³/mol. The molecule has 6 heteroatoms. The summed E-state index contributed by atoms with van der Waals surface area (Å²) in [4.78, 5) is 19.7. The smallest absolute Gasteiger partial charge is 0.226 e. The highest BCUT2D eigenvalue weighted by molar-refractivity contribution is 5.99. The van der Waals surface area contributed by atoms with E-state index in [0.717, 1.165) is 40.9 Å². The minimum atomic E-state index is -0.238. The molecule has 0 bridgehead atoms. The third kappa shape index (κ3) is 3.01. The summed E-state index contributed by atoms with van der Waals surface area (Å²) in [5.41, 5.74) is 4.95. The molecular formula is C23H23N5O. The lowest BCUT2D eigenvalue weighted by Gasteiger charge is -2.32. The molecule has 2 aliphatic rings. The topological polar surface area (TPSA) is 63.1 Å². The van der Waals surface area contributed by atoms with Crippen LogP contribution in [0.25, 0.3) is 11.4 Å². The van der Waals surface area contributed by atoms with Crippen LogP contribution in [-0.2, 0) is 4.79 Å². The van der Waals surface area contributed by atoms with Crippen LogP contribution in [0.5, 0.6) is 0 Å². The van der Waals surface area contributed by atoms with Crippen molar-refractivity contribution in [1.82, 2.24) is 14.8 Å². The van der Waals surface area contributed by atoms with Gasteiger partial charge in [-0.3, -0.25) is 4.79 Å². The molecule has 6 nitrogen and oxygen atoms in total. The molecule has 0 unspecified atom stereocenters. The lowest BCUT2D eigenvalue weighted by molar-refractivity contribution is -0.116. The van der Waals surface area contributed by atoms with E-state index in [9.17, 15) is 4.79 Å². The molecule has 0 saturated heterocycles. The second-order valence-corrected chi connectivity index (χ2v) is 7.75. The quantitative estimate of drug-likeness (QED) is 0.737. The van der Waals surface area contributed by atoms with Crippen LogP contribution >= 0.6 is 0 Å². The van der Waals surface area contributed by atoms with E-state index in [1.54, 1.807) is 0 Å². The zero-order valence-electron chi connectivity index (χ0n) is 16.6. The Kier molecular flexibility index (Phi) is 4.19. The van der Waals surface area contributed by atoms with E-state index in [0.29, 0.717) is 18.2 Å². The average molecular weight is 385 g/mol. The highest BCUT2D eigenvalue weighted by atomic mass is 16.1. The summed E-state index contributed by atoms with van der Waals surface area (Å²) in [6.45, 7) is 0. The lowest BCUT2D eigenvalue weighted by Crippen LogP contribution is -2.31. The minimum Gasteiger partial charge on any atom is -0.378 e. The van der Waals surface area contributed by atoms with E-state index < -0.39 is 0 Å². The number of nitrogens with zero attached hydrogens (tertiary/aromatic N) is 4. The van der Waals surface area contributed by atoms with Gasteiger partial charge in [-0.05, 0) is 42.7 Å². The van der Waals surface area contributed by atoms with Crippen molar-refractivity contribution in [2.45, 2.75) is 25.3 Å². The Hall–Kier alpha value is -3.41. The summed E-state index contributed by atoms with van der Waals surface area (Å²) >= 11 is 0. The van der Waals surface area contributed by atoms with Gasteiger partial charge in [0, 0.05) is 43.0 Å². The highest BCUT2D eigenvalue weighted by Crippen LogP contribution is 2.40. The first-order valence-electron chi connectivity index (χ1n) is 9.94. The van der Waals surface area contributed by atoms with E-state index in [1.807, 2.05) is 49.1 Å². The maximum atomic E-state index is 12.8. The number of aromatic nitrogens is 3. The molecule has 29 heavy (non-hydrogen) atoms. The second-order valence-electron chi connectivity index (χ2n) is 7.75. The Balaban J connectivity index is 1.61. The summed E-state index contributed by atoms with van der Waals surface area (Å²) in [6, 6.07) is 18.1. The van der Waals surface area contributed by atoms with E-state index >= 15 is 0 Å². The number of ketones is 1. The maximum absolute atomic E-state index is 12.8. The number of Topliss-reactive ketones (excluding diaryl/α,β-unsaturated/α-hetero) is 1. The molecule has 1 aromatic heterocycles. The third-order valence-corrected chi connectivity index (χ3v) is 5.63. The first-order chi connectivity index (χ1) is 14.1. The Bertz CT molecular complexity index is 1100. The SMILES string of the molecule is CN(C)c1ccc(-c2nc3n(n2)[C@@H](c2ccccc2)C2=C(CCCC2=O)N3)cc1. The Morgan fingerprint density at radius 1 is 1.03 bits per heavy atom. The molecule has 3 aromatic rings. The van der Waals surface area contributed by atoms with Gasteiger partial charge in [-0.25, -0.2) is 4.68 Å². The molecule has 0 amide bonds. The number of allylic oxidation sites excluding steroid dienone is 2. The molecule has 0 radical (unpaired) electrons. The normalized spacial score (nSPS) is 18.1. The predicted octanol–water partition coefficient (Wildman–Crippen LogP) is 4.03. The second kappa shape index (κ2) is 6.88. The molecule has 5 rings (SSSR count). The summed E-state index contributed by atoms with van der Waals surface area (Å²) in [7, 11) is 4.04. The van der Waals surface area contributed by atoms with Crippen molar-refractivity contribution in [1.29, 1.82) is 0 Å². The van der Waals surface area contributed by atoms with Gasteiger partial charge in [0.1, 0.15) is 6.04 Å². The molecule has 2 aromatic carbocycles. The molecule has 1 aliphatic heterocycles. The minimum absolute atomic E-state index is 0.200. The van der Waals surface area contributed by atoms with Crippen molar-refractivity contribution < 1.29 is 4.79 Å². The number of anilines is 2. The fraction of sp³-hybridized carbons (Fsp3) is 0.261. The van der Waals surface area contributed by atoms with E-state index in [-0.39, 0.29) is 11.8 Å². The van der Waals surface area contributed by atoms with Crippen LogP contribution in [-0.4, -0.2) is 34.6 Å². The van der Waals surface area contributed by atoms with E-state index in [1.165, 1.54) is 0 Å². The first kappa shape index (κ1) is 17.7. The van der Waals surface area contributed by atoms with E-state index in [2.05, 4.69) is 34.5 Å². The molecule has 146 valence electrons. The van der Waals surface area contributed by atoms with Crippen LogP contribution in [0.4, 0.5) is 11.6 Å². The Morgan fingerprint density at radius 3 is 2.52 bits per heavy atom. The number of hydrogen-bond donors (Lipinski definition) is 1. The van der Waals surface area contributed by atoms with Crippen molar-refractivity contribution in [3.8, 4) is 11.4 Å². The number of hydrogen-bond acceptors (Lipinski definition) is 5. The fourth-order valence-corrected chi connectivity index (χ4v) is 4.13. The number of carbonyl (C=O) groups is 1. The molecular weight excluding hydrogens is 362 g/mol. The van der Waals surface area contributed by atoms with Crippen molar-refractivity contribution in [2.75, 3.05) is 24.3 Å². The van der Waals surface area contributed by atoms with Crippen LogP contribution in [0.3, 0.4) is 0 Å². The van der Waals surface area contributed by atoms with Gasteiger partial charge in [-0.2, -0.15) is 4.98 Å². The van der Waals surface area contributed by atoms with Crippen LogP contribution < -0.4 is 10.2 Å². The number of benzene rings is 2. The van der Waals surface area contributed by atoms with Crippen LogP contribution in [0.2, 0.25) is 0 Å². The molecule has 1 aliphatic carbocycles. The zero-order chi connectivity index (χ0) is 20.0. The van der Waals surface area contributed by atoms with Crippen molar-refractivity contribution in [2.24, 2.45) is 0 Å². The number of fused-ring (bicyclic) bond motifs is 1. The number of carbonyl (C=O) groups excluding carboxylic acids is 1. The van der Waals surface area contributed by atoms with Gasteiger partial charge in [0.25, 0.3) is 0 Å². The van der Waals surface area contributed by atoms with Gasteiger partial charge >= 0.3 is 0 Å². The van der Waals surface area contributed by atoms with Crippen molar-refractivity contribution >= 4 is 17.4 Å². The summed E-state index contributed by atoms with van der Waals surface area (Å²) < 4.78 is 1.87. The Morgan fingerprint density at radius 2 is 1.79 bits per heavy atom. The summed E-state index contributed by atoms with van der Waals surface area (Å²) in [6.07, 6.45) is 2.33. The fourth-order valence-electron chi connectivity index (χ4n) is 4.13. The lowest BCUT2D eigenvalue weighted by atomic mass is 9.85. The van der Waals surface area contributed by atoms with Gasteiger partial charge in [0.05, 0.1) is 0 Å². The van der Waals surface area contributed by atoms with Gasteiger partial charge in [0.15, 0.2) is 11.6 Å². The summed E-state index contributed by atoms with van der Waals surface area (Å²) in [5.74, 6) is 1.55. The van der Waals surface area contributed by atoms with Gasteiger partial charge in [-0.15, -0.1) is 5.10 Å². The Labute approximate surface area is 169 Å². The van der Waals surface area contributed by atoms with E-state index in [4.69, 9.17) is 10.1 Å². The number of nitrogens with one attached hydrogen (secondary N) is 1. The van der Waals surface area contributed by atoms with Crippen LogP contribution in [0.1, 0.15) is 30.9 Å². The standard InChI is InChI=1S/C23H23N5O/c1-27(2)17-13-11-16(12-14-17)22-25-23-24-18-9-6-10-19(29)20(18)21(28(23)26-22)15-7-4-3-5-8-15/h3-5,7-8,11-14,21H,6,9-10H2,1-2H3,(H,24,25,26)/t21-/m0/s1.